The van der Waals surface area contributed by atoms with E-state index < -0.39 is 0 Å². The molecule has 1 aromatic heterocycles. The summed E-state index contributed by atoms with van der Waals surface area (Å²) in [5.41, 5.74) is 1.75. The van der Waals surface area contributed by atoms with Gasteiger partial charge in [-0.1, -0.05) is 37.9 Å². The molecule has 0 amide bonds. The second-order valence-corrected chi connectivity index (χ2v) is 8.06. The molecule has 90 valence electrons. The van der Waals surface area contributed by atoms with Crippen molar-refractivity contribution < 1.29 is 4.39 Å². The number of benzene rings is 1. The number of aryl methyl sites for hydroxylation is 1. The molecule has 1 heterocycles. The smallest absolute Gasteiger partial charge is 0.129 e. The van der Waals surface area contributed by atoms with Crippen molar-refractivity contribution in [1.29, 1.82) is 0 Å². The van der Waals surface area contributed by atoms with Crippen LogP contribution in [0, 0.1) is 12.7 Å². The summed E-state index contributed by atoms with van der Waals surface area (Å²) in [4.78, 5) is 1.07. The maximum Gasteiger partial charge on any atom is 0.129 e. The van der Waals surface area contributed by atoms with Gasteiger partial charge in [-0.3, -0.25) is 0 Å². The Hall–Kier alpha value is 0.290. The summed E-state index contributed by atoms with van der Waals surface area (Å²) in [5.74, 6) is -0.206. The van der Waals surface area contributed by atoms with E-state index in [0.29, 0.717) is 5.56 Å². The number of rotatable bonds is 2. The predicted molar refractivity (Wildman–Crippen MR) is 81.6 cm³/mol. The molecule has 0 aliphatic rings. The number of halogens is 4. The summed E-state index contributed by atoms with van der Waals surface area (Å²) in [7, 11) is 0. The lowest BCUT2D eigenvalue weighted by molar-refractivity contribution is 0.612. The third-order valence-corrected chi connectivity index (χ3v) is 5.48. The maximum atomic E-state index is 13.9. The molecule has 0 aliphatic heterocycles. The fourth-order valence-electron chi connectivity index (χ4n) is 1.58. The van der Waals surface area contributed by atoms with Crippen molar-refractivity contribution in [3.05, 3.63) is 54.3 Å². The maximum absolute atomic E-state index is 13.9. The molecule has 0 spiro atoms. The lowest BCUT2D eigenvalue weighted by atomic mass is 10.1. The Labute approximate surface area is 129 Å². The molecular formula is C12H8Br3FS. The molecule has 0 bridgehead atoms. The van der Waals surface area contributed by atoms with Crippen molar-refractivity contribution in [2.24, 2.45) is 0 Å². The van der Waals surface area contributed by atoms with Crippen LogP contribution in [0.5, 0.6) is 0 Å². The third-order valence-electron chi connectivity index (χ3n) is 2.43. The van der Waals surface area contributed by atoms with Crippen LogP contribution in [0.2, 0.25) is 0 Å². The summed E-state index contributed by atoms with van der Waals surface area (Å²) >= 11 is 11.9. The molecule has 0 nitrogen and oxygen atoms in total. The molecule has 0 fully saturated rings. The van der Waals surface area contributed by atoms with Gasteiger partial charge in [0.2, 0.25) is 0 Å². The van der Waals surface area contributed by atoms with Gasteiger partial charge in [-0.2, -0.15) is 0 Å². The van der Waals surface area contributed by atoms with E-state index in [4.69, 9.17) is 0 Å². The predicted octanol–water partition coefficient (Wildman–Crippen LogP) is 6.20. The number of hydrogen-bond donors (Lipinski definition) is 0. The minimum Gasteiger partial charge on any atom is -0.207 e. The fourth-order valence-corrected chi connectivity index (χ4v) is 4.66. The standard InChI is InChI=1S/C12H8Br3FS/c1-6-9(5-11(14)17-6)12(15)8-3-2-7(13)4-10(8)16/h2-5,12H,1H3. The van der Waals surface area contributed by atoms with Crippen LogP contribution >= 0.6 is 59.1 Å². The summed E-state index contributed by atoms with van der Waals surface area (Å²) in [6.45, 7) is 2.04. The van der Waals surface area contributed by atoms with Gasteiger partial charge in [-0.05, 0) is 46.6 Å². The summed E-state index contributed by atoms with van der Waals surface area (Å²) in [6, 6.07) is 7.16. The molecule has 0 aliphatic carbocycles. The van der Waals surface area contributed by atoms with Crippen molar-refractivity contribution in [2.45, 2.75) is 11.8 Å². The van der Waals surface area contributed by atoms with Gasteiger partial charge in [0.25, 0.3) is 0 Å². The van der Waals surface area contributed by atoms with Gasteiger partial charge in [0.15, 0.2) is 0 Å². The van der Waals surface area contributed by atoms with Crippen LogP contribution in [0.25, 0.3) is 0 Å². The molecule has 2 aromatic rings. The first kappa shape index (κ1) is 13.7. The highest BCUT2D eigenvalue weighted by Crippen LogP contribution is 2.39. The summed E-state index contributed by atoms with van der Waals surface area (Å²) in [5, 5.41) is 0. The molecule has 1 unspecified atom stereocenters. The lowest BCUT2D eigenvalue weighted by Gasteiger charge is -2.11. The Morgan fingerprint density at radius 1 is 1.18 bits per heavy atom. The molecule has 0 saturated carbocycles. The van der Waals surface area contributed by atoms with Crippen LogP contribution in [0.15, 0.2) is 32.5 Å². The molecular weight excluding hydrogens is 435 g/mol. The number of hydrogen-bond acceptors (Lipinski definition) is 1. The highest BCUT2D eigenvalue weighted by atomic mass is 79.9. The Balaban J connectivity index is 2.43. The van der Waals surface area contributed by atoms with Crippen molar-refractivity contribution >= 4 is 59.1 Å². The monoisotopic (exact) mass is 440 g/mol. The molecule has 0 saturated heterocycles. The molecule has 2 rings (SSSR count). The van der Waals surface area contributed by atoms with Crippen molar-refractivity contribution in [3.8, 4) is 0 Å². The number of alkyl halides is 1. The first-order chi connectivity index (χ1) is 7.99. The minimum atomic E-state index is -0.206. The van der Waals surface area contributed by atoms with E-state index in [-0.39, 0.29) is 10.6 Å². The van der Waals surface area contributed by atoms with Crippen LogP contribution in [-0.2, 0) is 0 Å². The van der Waals surface area contributed by atoms with Crippen LogP contribution in [0.1, 0.15) is 20.8 Å². The Morgan fingerprint density at radius 2 is 1.88 bits per heavy atom. The highest BCUT2D eigenvalue weighted by molar-refractivity contribution is 9.11. The van der Waals surface area contributed by atoms with Gasteiger partial charge in [0, 0.05) is 14.9 Å². The fraction of sp³-hybridized carbons (Fsp3) is 0.167. The topological polar surface area (TPSA) is 0 Å². The second kappa shape index (κ2) is 5.51. The molecule has 1 aromatic carbocycles. The quantitative estimate of drug-likeness (QED) is 0.485. The van der Waals surface area contributed by atoms with Crippen LogP contribution in [-0.4, -0.2) is 0 Å². The molecule has 17 heavy (non-hydrogen) atoms. The average Bonchev–Trinajstić information content (AvgIpc) is 2.57. The van der Waals surface area contributed by atoms with E-state index in [1.165, 1.54) is 10.9 Å². The van der Waals surface area contributed by atoms with Crippen molar-refractivity contribution in [3.63, 3.8) is 0 Å². The zero-order valence-corrected chi connectivity index (χ0v) is 14.4. The third kappa shape index (κ3) is 3.00. The van der Waals surface area contributed by atoms with E-state index >= 15 is 0 Å². The van der Waals surface area contributed by atoms with Crippen molar-refractivity contribution in [1.82, 2.24) is 0 Å². The van der Waals surface area contributed by atoms with Crippen LogP contribution < -0.4 is 0 Å². The normalized spacial score (nSPS) is 12.8. The zero-order valence-electron chi connectivity index (χ0n) is 8.81. The van der Waals surface area contributed by atoms with Crippen LogP contribution in [0.4, 0.5) is 4.39 Å². The number of thiophene rings is 1. The van der Waals surface area contributed by atoms with E-state index in [0.717, 1.165) is 13.8 Å². The summed E-state index contributed by atoms with van der Waals surface area (Å²) < 4.78 is 15.7. The first-order valence-corrected chi connectivity index (χ1v) is 8.15. The Kier molecular flexibility index (Phi) is 4.45. The lowest BCUT2D eigenvalue weighted by Crippen LogP contribution is -1.96. The molecule has 5 heteroatoms. The molecule has 0 N–H and O–H groups in total. The Bertz CT molecular complexity index is 551. The average molecular weight is 443 g/mol. The Morgan fingerprint density at radius 3 is 2.41 bits per heavy atom. The first-order valence-electron chi connectivity index (χ1n) is 4.84. The van der Waals surface area contributed by atoms with Crippen molar-refractivity contribution in [2.75, 3.05) is 0 Å². The van der Waals surface area contributed by atoms with Gasteiger partial charge < -0.3 is 0 Å². The van der Waals surface area contributed by atoms with Gasteiger partial charge in [-0.25, -0.2) is 4.39 Å². The highest BCUT2D eigenvalue weighted by Gasteiger charge is 2.18. The molecule has 0 radical (unpaired) electrons. The van der Waals surface area contributed by atoms with Gasteiger partial charge in [-0.15, -0.1) is 11.3 Å². The SMILES string of the molecule is Cc1sc(Br)cc1C(Br)c1ccc(Br)cc1F. The van der Waals surface area contributed by atoms with E-state index in [2.05, 4.69) is 47.8 Å². The van der Waals surface area contributed by atoms with E-state index in [9.17, 15) is 4.39 Å². The minimum absolute atomic E-state index is 0.113. The van der Waals surface area contributed by atoms with Gasteiger partial charge in [0.05, 0.1) is 8.61 Å². The largest absolute Gasteiger partial charge is 0.207 e. The summed E-state index contributed by atoms with van der Waals surface area (Å²) in [6.07, 6.45) is 0. The second-order valence-electron chi connectivity index (χ2n) is 3.59. The van der Waals surface area contributed by atoms with Gasteiger partial charge >= 0.3 is 0 Å². The van der Waals surface area contributed by atoms with E-state index in [1.54, 1.807) is 17.4 Å². The molecule has 1 atom stereocenters. The zero-order chi connectivity index (χ0) is 12.6. The van der Waals surface area contributed by atoms with E-state index in [1.807, 2.05) is 19.1 Å². The van der Waals surface area contributed by atoms with Crippen LogP contribution in [0.3, 0.4) is 0 Å². The van der Waals surface area contributed by atoms with Gasteiger partial charge in [0.1, 0.15) is 5.82 Å².